The van der Waals surface area contributed by atoms with E-state index in [1.54, 1.807) is 0 Å². The number of hydrogen-bond donors (Lipinski definition) is 1. The SMILES string of the molecule is CCN(CCC(N)c1cccc(Br)c1)c1ccccc1. The van der Waals surface area contributed by atoms with E-state index in [0.29, 0.717) is 0 Å². The van der Waals surface area contributed by atoms with Crippen LogP contribution in [0.2, 0.25) is 0 Å². The van der Waals surface area contributed by atoms with E-state index in [1.165, 1.54) is 11.3 Å². The molecule has 0 heterocycles. The van der Waals surface area contributed by atoms with Crippen LogP contribution in [0.3, 0.4) is 0 Å². The van der Waals surface area contributed by atoms with Crippen molar-refractivity contribution in [2.24, 2.45) is 5.73 Å². The molecule has 2 aromatic carbocycles. The molecule has 0 aliphatic carbocycles. The monoisotopic (exact) mass is 332 g/mol. The molecule has 2 nitrogen and oxygen atoms in total. The van der Waals surface area contributed by atoms with Gasteiger partial charge in [0, 0.05) is 29.3 Å². The van der Waals surface area contributed by atoms with E-state index in [1.807, 2.05) is 18.2 Å². The molecule has 20 heavy (non-hydrogen) atoms. The van der Waals surface area contributed by atoms with Crippen LogP contribution in [0.5, 0.6) is 0 Å². The van der Waals surface area contributed by atoms with E-state index in [4.69, 9.17) is 5.73 Å². The Labute approximate surface area is 129 Å². The molecule has 0 aliphatic heterocycles. The lowest BCUT2D eigenvalue weighted by atomic mass is 10.0. The summed E-state index contributed by atoms with van der Waals surface area (Å²) in [5.41, 5.74) is 8.74. The number of rotatable bonds is 6. The lowest BCUT2D eigenvalue weighted by Crippen LogP contribution is -2.27. The molecule has 0 radical (unpaired) electrons. The molecule has 0 amide bonds. The van der Waals surface area contributed by atoms with E-state index in [2.05, 4.69) is 64.2 Å². The summed E-state index contributed by atoms with van der Waals surface area (Å²) in [6, 6.07) is 18.8. The lowest BCUT2D eigenvalue weighted by Gasteiger charge is -2.25. The highest BCUT2D eigenvalue weighted by Gasteiger charge is 2.09. The van der Waals surface area contributed by atoms with Gasteiger partial charge in [0.1, 0.15) is 0 Å². The minimum atomic E-state index is 0.0743. The summed E-state index contributed by atoms with van der Waals surface area (Å²) < 4.78 is 1.08. The highest BCUT2D eigenvalue weighted by Crippen LogP contribution is 2.20. The second-order valence-electron chi connectivity index (χ2n) is 4.87. The average molecular weight is 333 g/mol. The Morgan fingerprint density at radius 3 is 2.50 bits per heavy atom. The molecule has 0 spiro atoms. The Morgan fingerprint density at radius 2 is 1.85 bits per heavy atom. The Balaban J connectivity index is 1.96. The van der Waals surface area contributed by atoms with Crippen LogP contribution < -0.4 is 10.6 Å². The maximum atomic E-state index is 6.30. The van der Waals surface area contributed by atoms with Crippen molar-refractivity contribution in [1.82, 2.24) is 0 Å². The fraction of sp³-hybridized carbons (Fsp3) is 0.294. The van der Waals surface area contributed by atoms with Crippen molar-refractivity contribution in [3.05, 3.63) is 64.6 Å². The molecule has 1 atom stereocenters. The summed E-state index contributed by atoms with van der Waals surface area (Å²) in [6.45, 7) is 4.14. The van der Waals surface area contributed by atoms with Gasteiger partial charge in [-0.25, -0.2) is 0 Å². The molecule has 0 saturated heterocycles. The number of benzene rings is 2. The van der Waals surface area contributed by atoms with Crippen molar-refractivity contribution in [3.8, 4) is 0 Å². The molecule has 2 N–H and O–H groups in total. The lowest BCUT2D eigenvalue weighted by molar-refractivity contribution is 0.632. The normalized spacial score (nSPS) is 12.2. The van der Waals surface area contributed by atoms with Crippen LogP contribution in [0.1, 0.15) is 24.9 Å². The number of nitrogens with two attached hydrogens (primary N) is 1. The molecule has 0 fully saturated rings. The Kier molecular flexibility index (Phi) is 5.62. The predicted octanol–water partition coefficient (Wildman–Crippen LogP) is 4.37. The molecule has 0 saturated carbocycles. The van der Waals surface area contributed by atoms with Crippen molar-refractivity contribution < 1.29 is 0 Å². The number of para-hydroxylation sites is 1. The zero-order chi connectivity index (χ0) is 14.4. The predicted molar refractivity (Wildman–Crippen MR) is 90.0 cm³/mol. The second-order valence-corrected chi connectivity index (χ2v) is 5.78. The first kappa shape index (κ1) is 15.1. The van der Waals surface area contributed by atoms with E-state index in [9.17, 15) is 0 Å². The number of hydrogen-bond acceptors (Lipinski definition) is 2. The van der Waals surface area contributed by atoms with Gasteiger partial charge >= 0.3 is 0 Å². The van der Waals surface area contributed by atoms with Gasteiger partial charge in [-0.1, -0.05) is 46.3 Å². The first-order chi connectivity index (χ1) is 9.70. The van der Waals surface area contributed by atoms with Crippen molar-refractivity contribution in [2.45, 2.75) is 19.4 Å². The van der Waals surface area contributed by atoms with Crippen LogP contribution >= 0.6 is 15.9 Å². The highest BCUT2D eigenvalue weighted by molar-refractivity contribution is 9.10. The molecule has 2 aromatic rings. The van der Waals surface area contributed by atoms with E-state index in [0.717, 1.165) is 24.0 Å². The molecule has 1 unspecified atom stereocenters. The summed E-state index contributed by atoms with van der Waals surface area (Å²) in [6.07, 6.45) is 0.944. The van der Waals surface area contributed by atoms with Gasteiger partial charge in [-0.2, -0.15) is 0 Å². The smallest absolute Gasteiger partial charge is 0.0366 e. The quantitative estimate of drug-likeness (QED) is 0.851. The van der Waals surface area contributed by atoms with Crippen LogP contribution in [-0.2, 0) is 0 Å². The maximum absolute atomic E-state index is 6.30. The van der Waals surface area contributed by atoms with Gasteiger partial charge in [-0.3, -0.25) is 0 Å². The van der Waals surface area contributed by atoms with Crippen LogP contribution in [0.15, 0.2) is 59.1 Å². The maximum Gasteiger partial charge on any atom is 0.0366 e. The fourth-order valence-electron chi connectivity index (χ4n) is 2.31. The van der Waals surface area contributed by atoms with Crippen molar-refractivity contribution in [1.29, 1.82) is 0 Å². The van der Waals surface area contributed by atoms with Gasteiger partial charge < -0.3 is 10.6 Å². The Bertz CT molecular complexity index is 528. The average Bonchev–Trinajstić information content (AvgIpc) is 2.49. The van der Waals surface area contributed by atoms with E-state index < -0.39 is 0 Å². The van der Waals surface area contributed by atoms with Gasteiger partial charge in [0.25, 0.3) is 0 Å². The van der Waals surface area contributed by atoms with E-state index >= 15 is 0 Å². The Hall–Kier alpha value is -1.32. The third-order valence-corrected chi connectivity index (χ3v) is 3.98. The highest BCUT2D eigenvalue weighted by atomic mass is 79.9. The van der Waals surface area contributed by atoms with Gasteiger partial charge in [-0.05, 0) is 43.2 Å². The summed E-state index contributed by atoms with van der Waals surface area (Å²) in [5.74, 6) is 0. The van der Waals surface area contributed by atoms with Crippen LogP contribution in [0.25, 0.3) is 0 Å². The largest absolute Gasteiger partial charge is 0.372 e. The zero-order valence-electron chi connectivity index (χ0n) is 11.8. The van der Waals surface area contributed by atoms with Crippen LogP contribution in [0, 0.1) is 0 Å². The van der Waals surface area contributed by atoms with Gasteiger partial charge in [0.15, 0.2) is 0 Å². The summed E-state index contributed by atoms with van der Waals surface area (Å²) in [4.78, 5) is 2.36. The van der Waals surface area contributed by atoms with Gasteiger partial charge in [0.05, 0.1) is 0 Å². The van der Waals surface area contributed by atoms with Crippen LogP contribution in [0.4, 0.5) is 5.69 Å². The summed E-state index contributed by atoms with van der Waals surface area (Å²) >= 11 is 3.49. The molecule has 0 aromatic heterocycles. The molecular weight excluding hydrogens is 312 g/mol. The topological polar surface area (TPSA) is 29.3 Å². The standard InChI is InChI=1S/C17H21BrN2/c1-2-20(16-9-4-3-5-10-16)12-11-17(19)14-7-6-8-15(18)13-14/h3-10,13,17H,2,11-12,19H2,1H3. The molecule has 106 valence electrons. The molecule has 0 bridgehead atoms. The fourth-order valence-corrected chi connectivity index (χ4v) is 2.72. The van der Waals surface area contributed by atoms with Crippen LogP contribution in [-0.4, -0.2) is 13.1 Å². The van der Waals surface area contributed by atoms with E-state index in [-0.39, 0.29) is 6.04 Å². The molecule has 3 heteroatoms. The number of nitrogens with zero attached hydrogens (tertiary/aromatic N) is 1. The zero-order valence-corrected chi connectivity index (χ0v) is 13.4. The Morgan fingerprint density at radius 1 is 1.10 bits per heavy atom. The first-order valence-corrected chi connectivity index (χ1v) is 7.81. The van der Waals surface area contributed by atoms with Crippen molar-refractivity contribution >= 4 is 21.6 Å². The molecular formula is C17H21BrN2. The summed E-state index contributed by atoms with van der Waals surface area (Å²) in [7, 11) is 0. The third kappa shape index (κ3) is 4.09. The number of anilines is 1. The minimum absolute atomic E-state index is 0.0743. The van der Waals surface area contributed by atoms with Gasteiger partial charge in [0.2, 0.25) is 0 Å². The van der Waals surface area contributed by atoms with Crippen molar-refractivity contribution in [2.75, 3.05) is 18.0 Å². The molecule has 0 aliphatic rings. The second kappa shape index (κ2) is 7.46. The third-order valence-electron chi connectivity index (χ3n) is 3.49. The van der Waals surface area contributed by atoms with Crippen molar-refractivity contribution in [3.63, 3.8) is 0 Å². The first-order valence-electron chi connectivity index (χ1n) is 7.01. The number of halogens is 1. The summed E-state index contributed by atoms with van der Waals surface area (Å²) in [5, 5.41) is 0. The minimum Gasteiger partial charge on any atom is -0.372 e. The van der Waals surface area contributed by atoms with Gasteiger partial charge in [-0.15, -0.1) is 0 Å². The molecule has 2 rings (SSSR count).